The molecule has 0 aliphatic carbocycles. The van der Waals surface area contributed by atoms with Gasteiger partial charge in [-0.15, -0.1) is 0 Å². The maximum Gasteiger partial charge on any atom is 0.251 e. The van der Waals surface area contributed by atoms with E-state index in [1.54, 1.807) is 24.3 Å². The molecule has 0 bridgehead atoms. The molecule has 1 heterocycles. The summed E-state index contributed by atoms with van der Waals surface area (Å²) in [6.45, 7) is 3.32. The van der Waals surface area contributed by atoms with Gasteiger partial charge in [0.1, 0.15) is 0 Å². The molecule has 1 aromatic carbocycles. The summed E-state index contributed by atoms with van der Waals surface area (Å²) >= 11 is 1.16. The van der Waals surface area contributed by atoms with E-state index in [1.165, 1.54) is 13.0 Å². The number of aromatic nitrogens is 2. The predicted octanol–water partition coefficient (Wildman–Crippen LogP) is 2.02. The molecule has 0 fully saturated rings. The van der Waals surface area contributed by atoms with Gasteiger partial charge in [-0.1, -0.05) is 24.8 Å². The Bertz CT molecular complexity index is 804. The molecule has 0 radical (unpaired) electrons. The topological polar surface area (TPSA) is 104 Å². The average Bonchev–Trinajstić information content (AvgIpc) is 2.52. The number of rotatable bonds is 6. The molecule has 0 saturated carbocycles. The third kappa shape index (κ3) is 5.54. The molecule has 126 valence electrons. The normalized spacial score (nSPS) is 10.2. The van der Waals surface area contributed by atoms with Crippen LogP contribution in [0.15, 0.2) is 40.3 Å². The molecule has 0 spiro atoms. The molecule has 2 rings (SSSR count). The maximum atomic E-state index is 12.0. The summed E-state index contributed by atoms with van der Waals surface area (Å²) in [6.07, 6.45) is 0.652. The van der Waals surface area contributed by atoms with Gasteiger partial charge in [0.2, 0.25) is 11.8 Å². The standard InChI is InChI=1S/C16H18N4O3S/c1-3-11-8-14(22)20-16(19-11)24-9-15(23)18-13-6-4-5-12(7-13)17-10(2)21/h4-8H,3,9H2,1-2H3,(H,17,21)(H,18,23)(H,19,20,22). The van der Waals surface area contributed by atoms with E-state index < -0.39 is 0 Å². The van der Waals surface area contributed by atoms with E-state index in [0.29, 0.717) is 28.6 Å². The van der Waals surface area contributed by atoms with Crippen LogP contribution in [-0.4, -0.2) is 27.5 Å². The molecule has 2 aromatic rings. The van der Waals surface area contributed by atoms with Crippen LogP contribution in [0.2, 0.25) is 0 Å². The minimum atomic E-state index is -0.232. The zero-order chi connectivity index (χ0) is 17.5. The Balaban J connectivity index is 1.95. The zero-order valence-electron chi connectivity index (χ0n) is 13.4. The Morgan fingerprint density at radius 3 is 2.58 bits per heavy atom. The highest BCUT2D eigenvalue weighted by Gasteiger charge is 2.07. The van der Waals surface area contributed by atoms with Crippen molar-refractivity contribution in [2.24, 2.45) is 0 Å². The van der Waals surface area contributed by atoms with Crippen LogP contribution in [0.3, 0.4) is 0 Å². The molecule has 3 N–H and O–H groups in total. The van der Waals surface area contributed by atoms with Gasteiger partial charge in [0, 0.05) is 30.1 Å². The van der Waals surface area contributed by atoms with E-state index in [1.807, 2.05) is 6.92 Å². The number of aromatic amines is 1. The summed E-state index contributed by atoms with van der Waals surface area (Å²) in [5.74, 6) is -0.301. The van der Waals surface area contributed by atoms with Gasteiger partial charge in [-0.2, -0.15) is 0 Å². The average molecular weight is 346 g/mol. The third-order valence-electron chi connectivity index (χ3n) is 2.94. The van der Waals surface area contributed by atoms with Crippen LogP contribution in [0.4, 0.5) is 11.4 Å². The molecule has 8 heteroatoms. The fourth-order valence-electron chi connectivity index (χ4n) is 1.94. The van der Waals surface area contributed by atoms with Crippen molar-refractivity contribution < 1.29 is 9.59 Å². The zero-order valence-corrected chi connectivity index (χ0v) is 14.2. The summed E-state index contributed by atoms with van der Waals surface area (Å²) in [5, 5.41) is 5.81. The maximum absolute atomic E-state index is 12.0. The molecule has 0 atom stereocenters. The lowest BCUT2D eigenvalue weighted by Gasteiger charge is -2.08. The van der Waals surface area contributed by atoms with Crippen LogP contribution in [0, 0.1) is 0 Å². The molecular weight excluding hydrogens is 328 g/mol. The number of anilines is 2. The van der Waals surface area contributed by atoms with Crippen molar-refractivity contribution in [3.8, 4) is 0 Å². The van der Waals surface area contributed by atoms with Gasteiger partial charge in [-0.05, 0) is 24.6 Å². The number of H-pyrrole nitrogens is 1. The molecule has 24 heavy (non-hydrogen) atoms. The van der Waals surface area contributed by atoms with E-state index in [2.05, 4.69) is 20.6 Å². The Morgan fingerprint density at radius 2 is 1.92 bits per heavy atom. The van der Waals surface area contributed by atoms with Gasteiger partial charge < -0.3 is 15.6 Å². The highest BCUT2D eigenvalue weighted by molar-refractivity contribution is 7.99. The first kappa shape index (κ1) is 17.7. The number of amides is 2. The lowest BCUT2D eigenvalue weighted by molar-refractivity contribution is -0.114. The van der Waals surface area contributed by atoms with Crippen molar-refractivity contribution in [2.75, 3.05) is 16.4 Å². The second kappa shape index (κ2) is 8.30. The van der Waals surface area contributed by atoms with Crippen molar-refractivity contribution in [3.63, 3.8) is 0 Å². The molecule has 2 amide bonds. The molecule has 0 unspecified atom stereocenters. The van der Waals surface area contributed by atoms with Gasteiger partial charge in [-0.25, -0.2) is 4.98 Å². The first-order valence-corrected chi connectivity index (χ1v) is 8.35. The largest absolute Gasteiger partial charge is 0.326 e. The summed E-state index contributed by atoms with van der Waals surface area (Å²) < 4.78 is 0. The smallest absolute Gasteiger partial charge is 0.251 e. The predicted molar refractivity (Wildman–Crippen MR) is 94.3 cm³/mol. The van der Waals surface area contributed by atoms with E-state index in [9.17, 15) is 14.4 Å². The highest BCUT2D eigenvalue weighted by atomic mass is 32.2. The first-order chi connectivity index (χ1) is 11.5. The SMILES string of the molecule is CCc1cc(=O)[nH]c(SCC(=O)Nc2cccc(NC(C)=O)c2)n1. The highest BCUT2D eigenvalue weighted by Crippen LogP contribution is 2.16. The minimum absolute atomic E-state index is 0.112. The van der Waals surface area contributed by atoms with E-state index in [0.717, 1.165) is 11.8 Å². The molecule has 1 aromatic heterocycles. The molecule has 0 aliphatic rings. The lowest BCUT2D eigenvalue weighted by Crippen LogP contribution is -2.16. The van der Waals surface area contributed by atoms with Gasteiger partial charge in [0.25, 0.3) is 5.56 Å². The number of hydrogen-bond acceptors (Lipinski definition) is 5. The number of nitrogens with zero attached hydrogens (tertiary/aromatic N) is 1. The van der Waals surface area contributed by atoms with Gasteiger partial charge in [0.05, 0.1) is 5.75 Å². The fraction of sp³-hybridized carbons (Fsp3) is 0.250. The second-order valence-electron chi connectivity index (χ2n) is 4.99. The second-order valence-corrected chi connectivity index (χ2v) is 5.96. The van der Waals surface area contributed by atoms with Crippen LogP contribution in [-0.2, 0) is 16.0 Å². The third-order valence-corrected chi connectivity index (χ3v) is 3.82. The number of nitrogens with one attached hydrogen (secondary N) is 3. The number of thioether (sulfide) groups is 1. The monoisotopic (exact) mass is 346 g/mol. The first-order valence-electron chi connectivity index (χ1n) is 7.37. The van der Waals surface area contributed by atoms with Crippen LogP contribution >= 0.6 is 11.8 Å². The fourth-order valence-corrected chi connectivity index (χ4v) is 2.64. The number of benzene rings is 1. The summed E-state index contributed by atoms with van der Waals surface area (Å²) in [4.78, 5) is 41.4. The quantitative estimate of drug-likeness (QED) is 0.548. The van der Waals surface area contributed by atoms with E-state index in [-0.39, 0.29) is 23.1 Å². The number of hydrogen-bond donors (Lipinski definition) is 3. The van der Waals surface area contributed by atoms with Crippen LogP contribution in [0.25, 0.3) is 0 Å². The Labute approximate surface area is 143 Å². The number of carbonyl (C=O) groups excluding carboxylic acids is 2. The van der Waals surface area contributed by atoms with E-state index >= 15 is 0 Å². The summed E-state index contributed by atoms with van der Waals surface area (Å²) in [7, 11) is 0. The number of aryl methyl sites for hydroxylation is 1. The molecular formula is C16H18N4O3S. The van der Waals surface area contributed by atoms with E-state index in [4.69, 9.17) is 0 Å². The Kier molecular flexibility index (Phi) is 6.14. The van der Waals surface area contributed by atoms with Crippen LogP contribution in [0.1, 0.15) is 19.5 Å². The Hall–Kier alpha value is -2.61. The van der Waals surface area contributed by atoms with Gasteiger partial charge in [-0.3, -0.25) is 14.4 Å². The summed E-state index contributed by atoms with van der Waals surface area (Å²) in [5.41, 5.74) is 1.64. The van der Waals surface area contributed by atoms with Gasteiger partial charge >= 0.3 is 0 Å². The van der Waals surface area contributed by atoms with Crippen molar-refractivity contribution in [3.05, 3.63) is 46.4 Å². The molecule has 0 aliphatic heterocycles. The van der Waals surface area contributed by atoms with Gasteiger partial charge in [0.15, 0.2) is 5.16 Å². The summed E-state index contributed by atoms with van der Waals surface area (Å²) in [6, 6.07) is 8.31. The minimum Gasteiger partial charge on any atom is -0.326 e. The molecule has 0 saturated heterocycles. The lowest BCUT2D eigenvalue weighted by atomic mass is 10.2. The Morgan fingerprint density at radius 1 is 1.21 bits per heavy atom. The van der Waals surface area contributed by atoms with Crippen molar-refractivity contribution >= 4 is 35.0 Å². The van der Waals surface area contributed by atoms with Crippen LogP contribution < -0.4 is 16.2 Å². The van der Waals surface area contributed by atoms with Crippen molar-refractivity contribution in [1.29, 1.82) is 0 Å². The van der Waals surface area contributed by atoms with Crippen molar-refractivity contribution in [2.45, 2.75) is 25.4 Å². The van der Waals surface area contributed by atoms with Crippen LogP contribution in [0.5, 0.6) is 0 Å². The van der Waals surface area contributed by atoms with Crippen molar-refractivity contribution in [1.82, 2.24) is 9.97 Å². The molecule has 7 nitrogen and oxygen atoms in total. The number of carbonyl (C=O) groups is 2.